The normalized spacial score (nSPS) is 21.6. The van der Waals surface area contributed by atoms with Crippen LogP contribution in [0.5, 0.6) is 0 Å². The predicted molar refractivity (Wildman–Crippen MR) is 89.4 cm³/mol. The lowest BCUT2D eigenvalue weighted by atomic mass is 9.80. The van der Waals surface area contributed by atoms with Gasteiger partial charge in [0.1, 0.15) is 0 Å². The standard InChI is InChI=1S/C19H23N/c1-5-8-16-9-6-7-10-18(16)15(4)17-11-13(2)14(3)19(20)12-17/h5-12,16,18H,4,20H2,1-3H3/b8-5-. The molecule has 0 radical (unpaired) electrons. The minimum absolute atomic E-state index is 0.303. The van der Waals surface area contributed by atoms with Crippen molar-refractivity contribution in [2.75, 3.05) is 5.73 Å². The molecule has 20 heavy (non-hydrogen) atoms. The predicted octanol–water partition coefficient (Wildman–Crippen LogP) is 4.83. The van der Waals surface area contributed by atoms with E-state index in [1.165, 1.54) is 5.56 Å². The van der Waals surface area contributed by atoms with E-state index in [1.807, 2.05) is 6.07 Å². The Kier molecular flexibility index (Phi) is 4.29. The van der Waals surface area contributed by atoms with E-state index in [1.54, 1.807) is 0 Å². The van der Waals surface area contributed by atoms with Crippen molar-refractivity contribution in [3.05, 3.63) is 71.9 Å². The third-order valence-electron chi connectivity index (χ3n) is 4.07. The maximum Gasteiger partial charge on any atom is 0.0352 e. The van der Waals surface area contributed by atoms with Crippen molar-refractivity contribution in [2.45, 2.75) is 20.8 Å². The van der Waals surface area contributed by atoms with Crippen molar-refractivity contribution < 1.29 is 0 Å². The summed E-state index contributed by atoms with van der Waals surface area (Å²) in [5.41, 5.74) is 11.6. The number of benzene rings is 1. The maximum absolute atomic E-state index is 6.10. The largest absolute Gasteiger partial charge is 0.398 e. The lowest BCUT2D eigenvalue weighted by Gasteiger charge is -2.24. The molecule has 2 atom stereocenters. The van der Waals surface area contributed by atoms with Crippen LogP contribution in [0.2, 0.25) is 0 Å². The van der Waals surface area contributed by atoms with Gasteiger partial charge in [-0.1, -0.05) is 49.1 Å². The minimum Gasteiger partial charge on any atom is -0.398 e. The van der Waals surface area contributed by atoms with Crippen molar-refractivity contribution in [2.24, 2.45) is 11.8 Å². The molecule has 1 aromatic carbocycles. The summed E-state index contributed by atoms with van der Waals surface area (Å²) in [6.07, 6.45) is 13.0. The van der Waals surface area contributed by atoms with Gasteiger partial charge in [-0.15, -0.1) is 0 Å². The summed E-state index contributed by atoms with van der Waals surface area (Å²) in [5, 5.41) is 0. The number of nitrogens with two attached hydrogens (primary N) is 1. The van der Waals surface area contributed by atoms with E-state index in [4.69, 9.17) is 5.73 Å². The molecule has 1 aliphatic carbocycles. The molecular formula is C19H23N. The smallest absolute Gasteiger partial charge is 0.0352 e. The molecule has 1 aliphatic rings. The van der Waals surface area contributed by atoms with E-state index in [0.717, 1.165) is 22.4 Å². The molecule has 0 saturated carbocycles. The number of allylic oxidation sites excluding steroid dienone is 7. The Labute approximate surface area is 122 Å². The summed E-state index contributed by atoms with van der Waals surface area (Å²) in [5.74, 6) is 0.679. The first-order valence-electron chi connectivity index (χ1n) is 7.08. The zero-order chi connectivity index (χ0) is 14.7. The third-order valence-corrected chi connectivity index (χ3v) is 4.07. The van der Waals surface area contributed by atoms with Gasteiger partial charge in [0.05, 0.1) is 0 Å². The van der Waals surface area contributed by atoms with Crippen molar-refractivity contribution in [3.63, 3.8) is 0 Å². The molecule has 2 rings (SSSR count). The Balaban J connectivity index is 2.35. The Hall–Kier alpha value is -2.02. The van der Waals surface area contributed by atoms with Crippen LogP contribution in [-0.4, -0.2) is 0 Å². The lowest BCUT2D eigenvalue weighted by Crippen LogP contribution is -2.12. The van der Waals surface area contributed by atoms with Crippen LogP contribution in [0.15, 0.2) is 55.2 Å². The van der Waals surface area contributed by atoms with Gasteiger partial charge in [-0.2, -0.15) is 0 Å². The molecule has 2 unspecified atom stereocenters. The third kappa shape index (κ3) is 2.77. The Bertz CT molecular complexity index is 579. The Morgan fingerprint density at radius 3 is 2.55 bits per heavy atom. The van der Waals surface area contributed by atoms with Gasteiger partial charge >= 0.3 is 0 Å². The molecule has 0 fully saturated rings. The van der Waals surface area contributed by atoms with Crippen LogP contribution in [0.3, 0.4) is 0 Å². The molecule has 0 spiro atoms. The minimum atomic E-state index is 0.303. The van der Waals surface area contributed by atoms with Crippen molar-refractivity contribution in [1.29, 1.82) is 0 Å². The van der Waals surface area contributed by atoms with Crippen molar-refractivity contribution in [1.82, 2.24) is 0 Å². The van der Waals surface area contributed by atoms with Gasteiger partial charge < -0.3 is 5.73 Å². The van der Waals surface area contributed by atoms with Gasteiger partial charge in [-0.3, -0.25) is 0 Å². The number of hydrogen-bond donors (Lipinski definition) is 1. The average molecular weight is 265 g/mol. The molecule has 0 amide bonds. The molecule has 0 heterocycles. The molecule has 1 heteroatoms. The molecule has 0 saturated heterocycles. The second kappa shape index (κ2) is 5.96. The molecule has 0 bridgehead atoms. The second-order valence-corrected chi connectivity index (χ2v) is 5.43. The number of hydrogen-bond acceptors (Lipinski definition) is 1. The van der Waals surface area contributed by atoms with E-state index >= 15 is 0 Å². The van der Waals surface area contributed by atoms with Crippen LogP contribution >= 0.6 is 0 Å². The first-order chi connectivity index (χ1) is 9.54. The Morgan fingerprint density at radius 1 is 1.20 bits per heavy atom. The number of anilines is 1. The highest BCUT2D eigenvalue weighted by atomic mass is 14.6. The van der Waals surface area contributed by atoms with Gasteiger partial charge in [-0.05, 0) is 49.1 Å². The van der Waals surface area contributed by atoms with Gasteiger partial charge in [-0.25, -0.2) is 0 Å². The van der Waals surface area contributed by atoms with Crippen molar-refractivity contribution in [3.8, 4) is 0 Å². The fraction of sp³-hybridized carbons (Fsp3) is 0.263. The SMILES string of the molecule is C=C(c1cc(C)c(C)c(N)c1)C1C=CC=CC1/C=C\C. The number of aryl methyl sites for hydroxylation is 1. The van der Waals surface area contributed by atoms with E-state index in [-0.39, 0.29) is 0 Å². The van der Waals surface area contributed by atoms with E-state index in [9.17, 15) is 0 Å². The van der Waals surface area contributed by atoms with E-state index in [2.05, 4.69) is 69.9 Å². The summed E-state index contributed by atoms with van der Waals surface area (Å²) < 4.78 is 0. The summed E-state index contributed by atoms with van der Waals surface area (Å²) in [4.78, 5) is 0. The maximum atomic E-state index is 6.10. The summed E-state index contributed by atoms with van der Waals surface area (Å²) >= 11 is 0. The molecular weight excluding hydrogens is 242 g/mol. The Morgan fingerprint density at radius 2 is 1.90 bits per heavy atom. The summed E-state index contributed by atoms with van der Waals surface area (Å²) in [6, 6.07) is 4.23. The highest BCUT2D eigenvalue weighted by molar-refractivity contribution is 5.72. The molecule has 0 aliphatic heterocycles. The molecule has 0 aromatic heterocycles. The highest BCUT2D eigenvalue weighted by Crippen LogP contribution is 2.34. The van der Waals surface area contributed by atoms with Gasteiger partial charge in [0.25, 0.3) is 0 Å². The second-order valence-electron chi connectivity index (χ2n) is 5.43. The number of nitrogen functional groups attached to an aromatic ring is 1. The van der Waals surface area contributed by atoms with Crippen LogP contribution in [0.25, 0.3) is 5.57 Å². The first-order valence-corrected chi connectivity index (χ1v) is 7.08. The average Bonchev–Trinajstić information content (AvgIpc) is 2.44. The van der Waals surface area contributed by atoms with E-state index < -0.39 is 0 Å². The van der Waals surface area contributed by atoms with Crippen LogP contribution in [0.1, 0.15) is 23.6 Å². The van der Waals surface area contributed by atoms with Gasteiger partial charge in [0, 0.05) is 17.5 Å². The van der Waals surface area contributed by atoms with Crippen LogP contribution < -0.4 is 5.73 Å². The zero-order valence-electron chi connectivity index (χ0n) is 12.6. The molecule has 2 N–H and O–H groups in total. The topological polar surface area (TPSA) is 26.0 Å². The number of rotatable bonds is 3. The fourth-order valence-corrected chi connectivity index (χ4v) is 2.64. The fourth-order valence-electron chi connectivity index (χ4n) is 2.64. The monoisotopic (exact) mass is 265 g/mol. The van der Waals surface area contributed by atoms with E-state index in [0.29, 0.717) is 11.8 Å². The van der Waals surface area contributed by atoms with Crippen LogP contribution in [-0.2, 0) is 0 Å². The van der Waals surface area contributed by atoms with Crippen LogP contribution in [0.4, 0.5) is 5.69 Å². The first kappa shape index (κ1) is 14.4. The van der Waals surface area contributed by atoms with Crippen molar-refractivity contribution >= 4 is 11.3 Å². The zero-order valence-corrected chi connectivity index (χ0v) is 12.6. The molecule has 1 aromatic rings. The lowest BCUT2D eigenvalue weighted by molar-refractivity contribution is 0.684. The highest BCUT2D eigenvalue weighted by Gasteiger charge is 2.20. The van der Waals surface area contributed by atoms with Gasteiger partial charge in [0.2, 0.25) is 0 Å². The summed E-state index contributed by atoms with van der Waals surface area (Å²) in [7, 11) is 0. The molecule has 1 nitrogen and oxygen atoms in total. The van der Waals surface area contributed by atoms with Gasteiger partial charge in [0.15, 0.2) is 0 Å². The summed E-state index contributed by atoms with van der Waals surface area (Å²) in [6.45, 7) is 10.5. The molecule has 104 valence electrons. The quantitative estimate of drug-likeness (QED) is 0.614. The van der Waals surface area contributed by atoms with Crippen LogP contribution in [0, 0.1) is 25.7 Å².